The quantitative estimate of drug-likeness (QED) is 0.864. The molecule has 1 amide bonds. The van der Waals surface area contributed by atoms with Crippen LogP contribution in [0, 0.1) is 5.92 Å². The molecule has 0 radical (unpaired) electrons. The first-order valence-electron chi connectivity index (χ1n) is 6.01. The molecule has 1 aromatic carbocycles. The molecule has 0 heterocycles. The van der Waals surface area contributed by atoms with Crippen molar-refractivity contribution >= 4 is 23.2 Å². The van der Waals surface area contributed by atoms with E-state index in [-0.39, 0.29) is 28.7 Å². The topological polar surface area (TPSA) is 46.3 Å². The molecule has 0 saturated carbocycles. The first-order valence-corrected chi connectivity index (χ1v) is 6.39. The Bertz CT molecular complexity index is 489. The van der Waals surface area contributed by atoms with Gasteiger partial charge in [0.05, 0.1) is 10.7 Å². The van der Waals surface area contributed by atoms with E-state index in [1.54, 1.807) is 13.8 Å². The predicted molar refractivity (Wildman–Crippen MR) is 72.7 cm³/mol. The minimum absolute atomic E-state index is 0.0148. The first kappa shape index (κ1) is 16.6. The fourth-order valence-electron chi connectivity index (χ4n) is 1.74. The summed E-state index contributed by atoms with van der Waals surface area (Å²) >= 11 is 5.73. The number of carbonyl (C=O) groups is 1. The second-order valence-electron chi connectivity index (χ2n) is 4.93. The van der Waals surface area contributed by atoms with Gasteiger partial charge in [0.25, 0.3) is 5.91 Å². The Labute approximate surface area is 120 Å². The fourth-order valence-corrected chi connectivity index (χ4v) is 1.85. The number of halogens is 4. The number of hydrogen-bond acceptors (Lipinski definition) is 2. The van der Waals surface area contributed by atoms with Gasteiger partial charge in [-0.05, 0) is 24.1 Å². The third-order valence-electron chi connectivity index (χ3n) is 2.49. The van der Waals surface area contributed by atoms with E-state index in [0.29, 0.717) is 0 Å². The molecule has 0 aliphatic heterocycles. The Morgan fingerprint density at radius 2 is 2.00 bits per heavy atom. The van der Waals surface area contributed by atoms with Crippen LogP contribution in [-0.2, 0) is 0 Å². The second kappa shape index (κ2) is 6.35. The van der Waals surface area contributed by atoms with Crippen LogP contribution in [0.1, 0.15) is 24.2 Å². The maximum absolute atomic E-state index is 12.5. The molecule has 0 bridgehead atoms. The van der Waals surface area contributed by atoms with Crippen molar-refractivity contribution in [1.29, 1.82) is 0 Å². The van der Waals surface area contributed by atoms with Crippen LogP contribution in [0.25, 0.3) is 0 Å². The Hall–Kier alpha value is -1.43. The van der Waals surface area contributed by atoms with Crippen molar-refractivity contribution in [2.75, 3.05) is 18.8 Å². The summed E-state index contributed by atoms with van der Waals surface area (Å²) in [6.45, 7) is 2.22. The minimum Gasteiger partial charge on any atom is -0.398 e. The summed E-state index contributed by atoms with van der Waals surface area (Å²) < 4.78 is 37.6. The van der Waals surface area contributed by atoms with Gasteiger partial charge < -0.3 is 10.6 Å². The van der Waals surface area contributed by atoms with Crippen molar-refractivity contribution in [3.05, 3.63) is 28.8 Å². The molecular formula is C13H16ClF3N2O. The fraction of sp³-hybridized carbons (Fsp3) is 0.462. The van der Waals surface area contributed by atoms with Gasteiger partial charge in [0.2, 0.25) is 0 Å². The van der Waals surface area contributed by atoms with Gasteiger partial charge >= 0.3 is 6.18 Å². The summed E-state index contributed by atoms with van der Waals surface area (Å²) in [5, 5.41) is 0.257. The maximum atomic E-state index is 12.5. The van der Waals surface area contributed by atoms with Crippen LogP contribution < -0.4 is 5.73 Å². The van der Waals surface area contributed by atoms with Gasteiger partial charge in [0.15, 0.2) is 0 Å². The third-order valence-corrected chi connectivity index (χ3v) is 2.83. The first-order chi connectivity index (χ1) is 9.10. The predicted octanol–water partition coefficient (Wildman–Crippen LogP) is 3.58. The molecule has 0 fully saturated rings. The number of carbonyl (C=O) groups excluding carboxylic acids is 1. The normalized spacial score (nSPS) is 11.8. The van der Waals surface area contributed by atoms with Crippen LogP contribution in [0.5, 0.6) is 0 Å². The average molecular weight is 309 g/mol. The molecule has 2 N–H and O–H groups in total. The molecule has 0 aliphatic rings. The molecule has 20 heavy (non-hydrogen) atoms. The van der Waals surface area contributed by atoms with E-state index in [1.807, 2.05) is 0 Å². The van der Waals surface area contributed by atoms with E-state index >= 15 is 0 Å². The lowest BCUT2D eigenvalue weighted by Crippen LogP contribution is -2.41. The molecule has 0 aromatic heterocycles. The number of nitrogens with two attached hydrogens (primary N) is 1. The molecule has 0 aliphatic carbocycles. The largest absolute Gasteiger partial charge is 0.406 e. The zero-order valence-corrected chi connectivity index (χ0v) is 11.9. The van der Waals surface area contributed by atoms with Gasteiger partial charge in [-0.3, -0.25) is 4.79 Å². The van der Waals surface area contributed by atoms with Crippen molar-refractivity contribution in [3.8, 4) is 0 Å². The maximum Gasteiger partial charge on any atom is 0.406 e. The summed E-state index contributed by atoms with van der Waals surface area (Å²) in [4.78, 5) is 12.9. The lowest BCUT2D eigenvalue weighted by Gasteiger charge is -2.25. The van der Waals surface area contributed by atoms with Gasteiger partial charge in [-0.25, -0.2) is 0 Å². The van der Waals surface area contributed by atoms with E-state index in [0.717, 1.165) is 4.90 Å². The molecule has 0 unspecified atom stereocenters. The van der Waals surface area contributed by atoms with Crippen molar-refractivity contribution in [2.45, 2.75) is 20.0 Å². The van der Waals surface area contributed by atoms with Gasteiger partial charge in [-0.2, -0.15) is 13.2 Å². The Balaban J connectivity index is 2.99. The van der Waals surface area contributed by atoms with E-state index in [9.17, 15) is 18.0 Å². The highest BCUT2D eigenvalue weighted by Crippen LogP contribution is 2.23. The molecule has 1 aromatic rings. The molecule has 112 valence electrons. The molecule has 3 nitrogen and oxygen atoms in total. The number of nitrogen functional groups attached to an aromatic ring is 1. The van der Waals surface area contributed by atoms with Crippen LogP contribution in [-0.4, -0.2) is 30.1 Å². The van der Waals surface area contributed by atoms with Crippen molar-refractivity contribution in [3.63, 3.8) is 0 Å². The van der Waals surface area contributed by atoms with E-state index in [2.05, 4.69) is 0 Å². The molecule has 0 saturated heterocycles. The Morgan fingerprint density at radius 3 is 2.45 bits per heavy atom. The van der Waals surface area contributed by atoms with Crippen LogP contribution in [0.2, 0.25) is 5.02 Å². The second-order valence-corrected chi connectivity index (χ2v) is 5.34. The average Bonchev–Trinajstić information content (AvgIpc) is 2.28. The summed E-state index contributed by atoms with van der Waals surface area (Å²) in [7, 11) is 0. The van der Waals surface area contributed by atoms with E-state index in [4.69, 9.17) is 17.3 Å². The highest BCUT2D eigenvalue weighted by molar-refractivity contribution is 6.33. The summed E-state index contributed by atoms with van der Waals surface area (Å²) in [6, 6.07) is 4.05. The van der Waals surface area contributed by atoms with Crippen LogP contribution in [0.3, 0.4) is 0 Å². The van der Waals surface area contributed by atoms with Crippen molar-refractivity contribution in [2.24, 2.45) is 5.92 Å². The third kappa shape index (κ3) is 4.92. The number of amides is 1. The zero-order chi connectivity index (χ0) is 15.5. The van der Waals surface area contributed by atoms with Gasteiger partial charge in [-0.15, -0.1) is 0 Å². The van der Waals surface area contributed by atoms with Crippen molar-refractivity contribution < 1.29 is 18.0 Å². The summed E-state index contributed by atoms with van der Waals surface area (Å²) in [5.41, 5.74) is 5.82. The Kier molecular flexibility index (Phi) is 5.28. The molecular weight excluding hydrogens is 293 g/mol. The highest BCUT2D eigenvalue weighted by Gasteiger charge is 2.33. The summed E-state index contributed by atoms with van der Waals surface area (Å²) in [5.74, 6) is -0.787. The molecule has 0 spiro atoms. The lowest BCUT2D eigenvalue weighted by atomic mass is 10.1. The zero-order valence-electron chi connectivity index (χ0n) is 11.2. The monoisotopic (exact) mass is 308 g/mol. The number of hydrogen-bond donors (Lipinski definition) is 1. The number of anilines is 1. The van der Waals surface area contributed by atoms with Crippen LogP contribution in [0.4, 0.5) is 18.9 Å². The van der Waals surface area contributed by atoms with Gasteiger partial charge in [-0.1, -0.05) is 25.4 Å². The van der Waals surface area contributed by atoms with Gasteiger partial charge in [0.1, 0.15) is 6.54 Å². The smallest absolute Gasteiger partial charge is 0.398 e. The molecule has 0 atom stereocenters. The summed E-state index contributed by atoms with van der Waals surface area (Å²) in [6.07, 6.45) is -4.44. The molecule has 1 rings (SSSR count). The number of rotatable bonds is 4. The SMILES string of the molecule is CC(C)CN(CC(F)(F)F)C(=O)c1ccc(Cl)c(N)c1. The van der Waals surface area contributed by atoms with Crippen molar-refractivity contribution in [1.82, 2.24) is 4.90 Å². The van der Waals surface area contributed by atoms with E-state index < -0.39 is 18.6 Å². The van der Waals surface area contributed by atoms with Crippen LogP contribution >= 0.6 is 11.6 Å². The number of alkyl halides is 3. The Morgan fingerprint density at radius 1 is 1.40 bits per heavy atom. The minimum atomic E-state index is -4.44. The molecule has 7 heteroatoms. The highest BCUT2D eigenvalue weighted by atomic mass is 35.5. The standard InChI is InChI=1S/C13H16ClF3N2O/c1-8(2)6-19(7-13(15,16)17)12(20)9-3-4-10(14)11(18)5-9/h3-5,8H,6-7,18H2,1-2H3. The number of nitrogens with zero attached hydrogens (tertiary/aromatic N) is 1. The van der Waals surface area contributed by atoms with Gasteiger partial charge in [0, 0.05) is 12.1 Å². The lowest BCUT2D eigenvalue weighted by molar-refractivity contribution is -0.141. The van der Waals surface area contributed by atoms with E-state index in [1.165, 1.54) is 18.2 Å². The van der Waals surface area contributed by atoms with Crippen LogP contribution in [0.15, 0.2) is 18.2 Å². The number of benzene rings is 1.